The quantitative estimate of drug-likeness (QED) is 0.334. The number of hydrogen-bond acceptors (Lipinski definition) is 7. The number of esters is 1. The van der Waals surface area contributed by atoms with Crippen LogP contribution in [-0.2, 0) is 23.7 Å². The van der Waals surface area contributed by atoms with Gasteiger partial charge in [-0.3, -0.25) is 0 Å². The number of carbonyl (C=O) groups excluding carboxylic acids is 3. The fourth-order valence-corrected chi connectivity index (χ4v) is 1.08. The lowest BCUT2D eigenvalue weighted by Gasteiger charge is -2.06. The van der Waals surface area contributed by atoms with Crippen LogP contribution in [0.2, 0.25) is 0 Å². The van der Waals surface area contributed by atoms with E-state index >= 15 is 0 Å². The summed E-state index contributed by atoms with van der Waals surface area (Å²) in [6.07, 6.45) is -0.0514. The molecule has 0 aromatic carbocycles. The first-order valence-electron chi connectivity index (χ1n) is 5.76. The minimum Gasteiger partial charge on any atom is -0.460 e. The molecule has 1 amide bonds. The topological polar surface area (TPSA) is 100 Å². The highest BCUT2D eigenvalue weighted by Gasteiger charge is 2.18. The normalized spacial score (nSPS) is 15.2. The summed E-state index contributed by atoms with van der Waals surface area (Å²) >= 11 is 0. The van der Waals surface area contributed by atoms with Gasteiger partial charge in [-0.1, -0.05) is 6.58 Å². The molecule has 0 aliphatic carbocycles. The standard InChI is InChI=1S/C12H15NO7/c1-8(2)10(14)17-6-4-13-11(15)18-5-3-9-7-19-12(16)20-9/h3H,1,4-7H2,2H3,(H,13,15). The summed E-state index contributed by atoms with van der Waals surface area (Å²) in [6.45, 7) is 5.04. The molecule has 1 aliphatic rings. The van der Waals surface area contributed by atoms with Crippen molar-refractivity contribution in [2.24, 2.45) is 0 Å². The zero-order valence-electron chi connectivity index (χ0n) is 11.0. The molecule has 0 aromatic heterocycles. The second kappa shape index (κ2) is 7.82. The summed E-state index contributed by atoms with van der Waals surface area (Å²) < 4.78 is 18.6. The molecular formula is C12H15NO7. The Kier molecular flexibility index (Phi) is 6.08. The van der Waals surface area contributed by atoms with Gasteiger partial charge in [0.2, 0.25) is 0 Å². The second-order valence-electron chi connectivity index (χ2n) is 3.75. The lowest BCUT2D eigenvalue weighted by Crippen LogP contribution is -2.28. The molecule has 0 radical (unpaired) electrons. The van der Waals surface area contributed by atoms with Crippen LogP contribution in [0.4, 0.5) is 9.59 Å². The molecule has 1 aliphatic heterocycles. The largest absolute Gasteiger partial charge is 0.514 e. The van der Waals surface area contributed by atoms with Gasteiger partial charge < -0.3 is 24.3 Å². The first kappa shape index (κ1) is 15.5. The zero-order valence-corrected chi connectivity index (χ0v) is 11.0. The molecule has 1 fully saturated rings. The van der Waals surface area contributed by atoms with Crippen LogP contribution in [0.25, 0.3) is 0 Å². The molecular weight excluding hydrogens is 270 g/mol. The third-order valence-corrected chi connectivity index (χ3v) is 2.03. The fraction of sp³-hybridized carbons (Fsp3) is 0.417. The van der Waals surface area contributed by atoms with Crippen molar-refractivity contribution in [2.75, 3.05) is 26.4 Å². The predicted octanol–water partition coefficient (Wildman–Crippen LogP) is 0.883. The van der Waals surface area contributed by atoms with Gasteiger partial charge in [0.1, 0.15) is 19.0 Å². The average molecular weight is 285 g/mol. The van der Waals surface area contributed by atoms with Crippen LogP contribution in [0.5, 0.6) is 0 Å². The molecule has 8 nitrogen and oxygen atoms in total. The summed E-state index contributed by atoms with van der Waals surface area (Å²) in [4.78, 5) is 32.8. The van der Waals surface area contributed by atoms with Crippen LogP contribution in [0, 0.1) is 0 Å². The third-order valence-electron chi connectivity index (χ3n) is 2.03. The smallest absolute Gasteiger partial charge is 0.460 e. The Morgan fingerprint density at radius 1 is 1.45 bits per heavy atom. The number of amides is 1. The number of cyclic esters (lactones) is 2. The van der Waals surface area contributed by atoms with Crippen molar-refractivity contribution >= 4 is 18.2 Å². The number of alkyl carbamates (subject to hydrolysis) is 1. The van der Waals surface area contributed by atoms with E-state index in [1.54, 1.807) is 0 Å². The van der Waals surface area contributed by atoms with Gasteiger partial charge in [-0.25, -0.2) is 14.4 Å². The molecule has 0 bridgehead atoms. The van der Waals surface area contributed by atoms with Crippen LogP contribution in [0.3, 0.4) is 0 Å². The summed E-state index contributed by atoms with van der Waals surface area (Å²) in [5.41, 5.74) is 0.285. The molecule has 0 spiro atoms. The fourth-order valence-electron chi connectivity index (χ4n) is 1.08. The van der Waals surface area contributed by atoms with Crippen molar-refractivity contribution in [1.29, 1.82) is 0 Å². The van der Waals surface area contributed by atoms with Crippen molar-refractivity contribution in [3.63, 3.8) is 0 Å². The Balaban J connectivity index is 2.07. The van der Waals surface area contributed by atoms with Gasteiger partial charge in [-0.05, 0) is 13.0 Å². The van der Waals surface area contributed by atoms with E-state index in [1.807, 2.05) is 0 Å². The highest BCUT2D eigenvalue weighted by Crippen LogP contribution is 2.08. The van der Waals surface area contributed by atoms with Crippen molar-refractivity contribution in [1.82, 2.24) is 5.32 Å². The maximum atomic E-state index is 11.2. The van der Waals surface area contributed by atoms with Crippen molar-refractivity contribution in [3.05, 3.63) is 24.0 Å². The van der Waals surface area contributed by atoms with E-state index in [2.05, 4.69) is 21.4 Å². The SMILES string of the molecule is C=C(C)C(=O)OCCNC(=O)OCC=C1COC(=O)O1. The molecule has 8 heteroatoms. The highest BCUT2D eigenvalue weighted by atomic mass is 16.8. The summed E-state index contributed by atoms with van der Waals surface area (Å²) in [5.74, 6) is -0.230. The third kappa shape index (κ3) is 5.89. The Hall–Kier alpha value is -2.51. The molecule has 110 valence electrons. The minimum atomic E-state index is -0.778. The molecule has 0 saturated carbocycles. The summed E-state index contributed by atoms with van der Waals surface area (Å²) in [6, 6.07) is 0. The molecule has 0 aromatic rings. The van der Waals surface area contributed by atoms with Gasteiger partial charge in [0.25, 0.3) is 0 Å². The number of nitrogens with one attached hydrogen (secondary N) is 1. The molecule has 1 N–H and O–H groups in total. The Labute approximate surface area is 115 Å². The Bertz CT molecular complexity index is 441. The maximum Gasteiger partial charge on any atom is 0.514 e. The lowest BCUT2D eigenvalue weighted by atomic mass is 10.4. The molecule has 0 unspecified atom stereocenters. The molecule has 1 rings (SSSR count). The van der Waals surface area contributed by atoms with Crippen molar-refractivity contribution < 1.29 is 33.3 Å². The average Bonchev–Trinajstić information content (AvgIpc) is 2.80. The molecule has 1 heterocycles. The van der Waals surface area contributed by atoms with Gasteiger partial charge in [-0.2, -0.15) is 0 Å². The highest BCUT2D eigenvalue weighted by molar-refractivity contribution is 5.86. The van der Waals surface area contributed by atoms with Gasteiger partial charge in [-0.15, -0.1) is 0 Å². The number of ether oxygens (including phenoxy) is 4. The zero-order chi connectivity index (χ0) is 15.0. The van der Waals surface area contributed by atoms with Gasteiger partial charge in [0.15, 0.2) is 6.61 Å². The minimum absolute atomic E-state index is 0.0212. The first-order valence-corrected chi connectivity index (χ1v) is 5.76. The van der Waals surface area contributed by atoms with E-state index in [0.29, 0.717) is 0 Å². The van der Waals surface area contributed by atoms with E-state index in [4.69, 9.17) is 9.47 Å². The van der Waals surface area contributed by atoms with Gasteiger partial charge in [0.05, 0.1) is 6.54 Å². The molecule has 0 atom stereocenters. The summed E-state index contributed by atoms with van der Waals surface area (Å²) in [7, 11) is 0. The van der Waals surface area contributed by atoms with Gasteiger partial charge >= 0.3 is 18.2 Å². The van der Waals surface area contributed by atoms with Crippen LogP contribution < -0.4 is 5.32 Å². The number of carbonyl (C=O) groups is 3. The van der Waals surface area contributed by atoms with Crippen molar-refractivity contribution in [3.8, 4) is 0 Å². The second-order valence-corrected chi connectivity index (χ2v) is 3.75. The monoisotopic (exact) mass is 285 g/mol. The first-order chi connectivity index (χ1) is 9.49. The lowest BCUT2D eigenvalue weighted by molar-refractivity contribution is -0.138. The van der Waals surface area contributed by atoms with E-state index in [1.165, 1.54) is 13.0 Å². The predicted molar refractivity (Wildman–Crippen MR) is 65.6 cm³/mol. The van der Waals surface area contributed by atoms with Crippen LogP contribution >= 0.6 is 0 Å². The molecule has 1 saturated heterocycles. The Morgan fingerprint density at radius 2 is 2.20 bits per heavy atom. The number of rotatable bonds is 6. The molecule has 20 heavy (non-hydrogen) atoms. The van der Waals surface area contributed by atoms with Crippen LogP contribution in [-0.4, -0.2) is 44.6 Å². The van der Waals surface area contributed by atoms with Crippen molar-refractivity contribution in [2.45, 2.75) is 6.92 Å². The maximum absolute atomic E-state index is 11.2. The van der Waals surface area contributed by atoms with Gasteiger partial charge in [0, 0.05) is 5.57 Å². The van der Waals surface area contributed by atoms with E-state index < -0.39 is 18.2 Å². The van der Waals surface area contributed by atoms with E-state index in [0.717, 1.165) is 0 Å². The van der Waals surface area contributed by atoms with Crippen LogP contribution in [0.1, 0.15) is 6.92 Å². The van der Waals surface area contributed by atoms with E-state index in [9.17, 15) is 14.4 Å². The summed E-state index contributed by atoms with van der Waals surface area (Å²) in [5, 5.41) is 2.37. The number of hydrogen-bond donors (Lipinski definition) is 1. The van der Waals surface area contributed by atoms with Crippen LogP contribution in [0.15, 0.2) is 24.0 Å². The Morgan fingerprint density at radius 3 is 2.80 bits per heavy atom. The van der Waals surface area contributed by atoms with E-state index in [-0.39, 0.29) is 37.7 Å².